The fourth-order valence-corrected chi connectivity index (χ4v) is 5.11. The molecule has 1 fully saturated rings. The molecule has 0 aromatic heterocycles. The zero-order valence-electron chi connectivity index (χ0n) is 16.2. The van der Waals surface area contributed by atoms with Gasteiger partial charge in [-0.2, -0.15) is 0 Å². The Morgan fingerprint density at radius 3 is 2.52 bits per heavy atom. The van der Waals surface area contributed by atoms with Gasteiger partial charge >= 0.3 is 0 Å². The standard InChI is InChI=1S/C21H36O2/c1-18(2)11-8-10-16-14-17(15-22)20(5,21(16,18)6)13-9-12-19(3,4)23-7/h9-10,12,17,22H,8,11,13-15H2,1-7H3/b12-9+. The Kier molecular flexibility index (Phi) is 4.92. The van der Waals surface area contributed by atoms with Gasteiger partial charge in [0.15, 0.2) is 0 Å². The van der Waals surface area contributed by atoms with Crippen LogP contribution >= 0.6 is 0 Å². The van der Waals surface area contributed by atoms with Crippen LogP contribution in [-0.2, 0) is 4.74 Å². The van der Waals surface area contributed by atoms with Crippen molar-refractivity contribution in [2.45, 2.75) is 72.8 Å². The first-order valence-electron chi connectivity index (χ1n) is 9.07. The van der Waals surface area contributed by atoms with Gasteiger partial charge in [0, 0.05) is 13.7 Å². The number of methoxy groups -OCH3 is 1. The summed E-state index contributed by atoms with van der Waals surface area (Å²) in [5, 5.41) is 10.1. The maximum Gasteiger partial charge on any atom is 0.0802 e. The number of aliphatic hydroxyl groups excluding tert-OH is 1. The van der Waals surface area contributed by atoms with E-state index in [1.807, 2.05) is 0 Å². The molecule has 0 aliphatic heterocycles. The molecule has 3 atom stereocenters. The van der Waals surface area contributed by atoms with Crippen LogP contribution < -0.4 is 0 Å². The molecule has 0 heterocycles. The molecule has 1 N–H and O–H groups in total. The molecule has 0 saturated heterocycles. The van der Waals surface area contributed by atoms with Crippen LogP contribution in [0.1, 0.15) is 67.2 Å². The fourth-order valence-electron chi connectivity index (χ4n) is 5.11. The van der Waals surface area contributed by atoms with Gasteiger partial charge in [0.1, 0.15) is 0 Å². The molecular formula is C21H36O2. The highest BCUT2D eigenvalue weighted by molar-refractivity contribution is 5.32. The average molecular weight is 321 g/mol. The summed E-state index contributed by atoms with van der Waals surface area (Å²) in [5.74, 6) is 0.339. The molecule has 132 valence electrons. The topological polar surface area (TPSA) is 29.5 Å². The minimum Gasteiger partial charge on any atom is -0.396 e. The Balaban J connectivity index is 2.39. The van der Waals surface area contributed by atoms with E-state index in [2.05, 4.69) is 59.8 Å². The van der Waals surface area contributed by atoms with Crippen LogP contribution in [0.2, 0.25) is 0 Å². The van der Waals surface area contributed by atoms with Crippen molar-refractivity contribution in [2.75, 3.05) is 13.7 Å². The second-order valence-corrected chi connectivity index (χ2v) is 9.19. The lowest BCUT2D eigenvalue weighted by atomic mass is 9.48. The van der Waals surface area contributed by atoms with Crippen molar-refractivity contribution in [2.24, 2.45) is 22.2 Å². The summed E-state index contributed by atoms with van der Waals surface area (Å²) in [6.07, 6.45) is 11.4. The third-order valence-electron chi connectivity index (χ3n) is 7.47. The van der Waals surface area contributed by atoms with Crippen molar-refractivity contribution in [1.82, 2.24) is 0 Å². The van der Waals surface area contributed by atoms with Gasteiger partial charge in [-0.3, -0.25) is 0 Å². The van der Waals surface area contributed by atoms with E-state index in [4.69, 9.17) is 4.74 Å². The van der Waals surface area contributed by atoms with E-state index in [0.29, 0.717) is 5.92 Å². The van der Waals surface area contributed by atoms with Crippen molar-refractivity contribution < 1.29 is 9.84 Å². The number of ether oxygens (including phenoxy) is 1. The van der Waals surface area contributed by atoms with Gasteiger partial charge in [0.05, 0.1) is 5.60 Å². The van der Waals surface area contributed by atoms with Crippen LogP contribution in [-0.4, -0.2) is 24.4 Å². The molecule has 2 heteroatoms. The molecule has 0 bridgehead atoms. The number of hydrogen-bond donors (Lipinski definition) is 1. The molecule has 0 aromatic rings. The van der Waals surface area contributed by atoms with Gasteiger partial charge in [0.2, 0.25) is 0 Å². The smallest absolute Gasteiger partial charge is 0.0802 e. The molecule has 2 nitrogen and oxygen atoms in total. The van der Waals surface area contributed by atoms with Crippen LogP contribution in [0.3, 0.4) is 0 Å². The first kappa shape index (κ1) is 18.7. The number of allylic oxidation sites excluding steroid dienone is 3. The number of aliphatic hydroxyl groups is 1. The first-order valence-corrected chi connectivity index (χ1v) is 9.07. The molecule has 2 aliphatic carbocycles. The van der Waals surface area contributed by atoms with Gasteiger partial charge in [-0.05, 0) is 61.7 Å². The highest BCUT2D eigenvalue weighted by Crippen LogP contribution is 2.70. The van der Waals surface area contributed by atoms with Gasteiger partial charge in [0.25, 0.3) is 0 Å². The maximum absolute atomic E-state index is 10.1. The second-order valence-electron chi connectivity index (χ2n) is 9.19. The first-order chi connectivity index (χ1) is 10.5. The van der Waals surface area contributed by atoms with Crippen LogP contribution in [0.5, 0.6) is 0 Å². The molecular weight excluding hydrogens is 284 g/mol. The van der Waals surface area contributed by atoms with E-state index in [1.165, 1.54) is 12.8 Å². The quantitative estimate of drug-likeness (QED) is 0.712. The summed E-state index contributed by atoms with van der Waals surface area (Å²) in [4.78, 5) is 0. The predicted molar refractivity (Wildman–Crippen MR) is 97.3 cm³/mol. The van der Waals surface area contributed by atoms with Crippen LogP contribution in [0.4, 0.5) is 0 Å². The number of rotatable bonds is 5. The van der Waals surface area contributed by atoms with E-state index < -0.39 is 0 Å². The number of fused-ring (bicyclic) bond motifs is 1. The van der Waals surface area contributed by atoms with E-state index >= 15 is 0 Å². The third-order valence-corrected chi connectivity index (χ3v) is 7.47. The maximum atomic E-state index is 10.1. The Hall–Kier alpha value is -0.600. The monoisotopic (exact) mass is 320 g/mol. The highest BCUT2D eigenvalue weighted by atomic mass is 16.5. The van der Waals surface area contributed by atoms with E-state index in [1.54, 1.807) is 12.7 Å². The van der Waals surface area contributed by atoms with E-state index in [-0.39, 0.29) is 28.5 Å². The van der Waals surface area contributed by atoms with Crippen LogP contribution in [0.15, 0.2) is 23.8 Å². The molecule has 0 spiro atoms. The molecule has 0 radical (unpaired) electrons. The lowest BCUT2D eigenvalue weighted by Crippen LogP contribution is -2.49. The van der Waals surface area contributed by atoms with Crippen molar-refractivity contribution >= 4 is 0 Å². The normalized spacial score (nSPS) is 37.0. The van der Waals surface area contributed by atoms with E-state index in [0.717, 1.165) is 12.8 Å². The van der Waals surface area contributed by atoms with Crippen molar-refractivity contribution in [3.63, 3.8) is 0 Å². The van der Waals surface area contributed by atoms with Crippen molar-refractivity contribution in [3.8, 4) is 0 Å². The summed E-state index contributed by atoms with van der Waals surface area (Å²) in [5.41, 5.74) is 1.84. The molecule has 1 saturated carbocycles. The van der Waals surface area contributed by atoms with Crippen LogP contribution in [0.25, 0.3) is 0 Å². The molecule has 2 aliphatic rings. The largest absolute Gasteiger partial charge is 0.396 e. The molecule has 0 amide bonds. The Bertz CT molecular complexity index is 500. The Labute approximate surface area is 143 Å². The summed E-state index contributed by atoms with van der Waals surface area (Å²) < 4.78 is 5.51. The summed E-state index contributed by atoms with van der Waals surface area (Å²) in [6, 6.07) is 0. The lowest BCUT2D eigenvalue weighted by molar-refractivity contribution is -0.0379. The predicted octanol–water partition coefficient (Wildman–Crippen LogP) is 5.13. The fraction of sp³-hybridized carbons (Fsp3) is 0.810. The molecule has 3 unspecified atom stereocenters. The number of hydrogen-bond acceptors (Lipinski definition) is 2. The average Bonchev–Trinajstić information content (AvgIpc) is 2.69. The van der Waals surface area contributed by atoms with Gasteiger partial charge in [-0.25, -0.2) is 0 Å². The lowest BCUT2D eigenvalue weighted by Gasteiger charge is -2.55. The van der Waals surface area contributed by atoms with Crippen molar-refractivity contribution in [3.05, 3.63) is 23.8 Å². The zero-order chi connectivity index (χ0) is 17.5. The Morgan fingerprint density at radius 2 is 1.96 bits per heavy atom. The molecule has 0 aromatic carbocycles. The van der Waals surface area contributed by atoms with Gasteiger partial charge in [-0.1, -0.05) is 51.5 Å². The van der Waals surface area contributed by atoms with Crippen molar-refractivity contribution in [1.29, 1.82) is 0 Å². The second kappa shape index (κ2) is 6.04. The molecule has 23 heavy (non-hydrogen) atoms. The highest BCUT2D eigenvalue weighted by Gasteiger charge is 2.62. The molecule has 2 rings (SSSR count). The van der Waals surface area contributed by atoms with Crippen LogP contribution in [0, 0.1) is 22.2 Å². The summed E-state index contributed by atoms with van der Waals surface area (Å²) in [6.45, 7) is 14.1. The van der Waals surface area contributed by atoms with Gasteiger partial charge < -0.3 is 9.84 Å². The SMILES string of the molecule is COC(C)(C)/C=C/CC1(C)C(CO)CC2=CCCC(C)(C)C21C. The van der Waals surface area contributed by atoms with Gasteiger partial charge in [-0.15, -0.1) is 0 Å². The Morgan fingerprint density at radius 1 is 1.30 bits per heavy atom. The minimum absolute atomic E-state index is 0.0812. The summed E-state index contributed by atoms with van der Waals surface area (Å²) in [7, 11) is 1.75. The minimum atomic E-state index is -0.231. The van der Waals surface area contributed by atoms with E-state index in [9.17, 15) is 5.11 Å². The third kappa shape index (κ3) is 2.82. The summed E-state index contributed by atoms with van der Waals surface area (Å²) >= 11 is 0. The zero-order valence-corrected chi connectivity index (χ0v) is 16.2.